The number of anilines is 1. The molecule has 0 bridgehead atoms. The first-order valence-electron chi connectivity index (χ1n) is 9.94. The molecule has 160 valence electrons. The summed E-state index contributed by atoms with van der Waals surface area (Å²) in [5.41, 5.74) is 9.02. The van der Waals surface area contributed by atoms with Crippen molar-refractivity contribution in [2.24, 2.45) is 5.73 Å². The number of amides is 1. The number of carbonyl (C=O) groups excluding carboxylic acids is 1. The fraction of sp³-hybridized carbons (Fsp3) is 0.304. The van der Waals surface area contributed by atoms with E-state index in [1.807, 2.05) is 51.1 Å². The lowest BCUT2D eigenvalue weighted by Crippen LogP contribution is -2.32. The monoisotopic (exact) mass is 419 g/mol. The van der Waals surface area contributed by atoms with Crippen LogP contribution in [0, 0.1) is 0 Å². The largest absolute Gasteiger partial charge is 0.491 e. The van der Waals surface area contributed by atoms with Crippen molar-refractivity contribution in [2.75, 3.05) is 19.1 Å². The molecule has 0 spiro atoms. The Labute approximate surface area is 181 Å². The minimum absolute atomic E-state index is 0.133. The van der Waals surface area contributed by atoms with E-state index < -0.39 is 5.54 Å². The molecule has 4 rings (SSSR count). The summed E-state index contributed by atoms with van der Waals surface area (Å²) >= 11 is 0. The lowest BCUT2D eigenvalue weighted by Gasteiger charge is -2.24. The van der Waals surface area contributed by atoms with Crippen molar-refractivity contribution in [3.05, 3.63) is 59.5 Å². The van der Waals surface area contributed by atoms with Crippen LogP contribution in [0.5, 0.6) is 11.6 Å². The van der Waals surface area contributed by atoms with Gasteiger partial charge in [-0.15, -0.1) is 0 Å². The molecular weight excluding hydrogens is 394 g/mol. The van der Waals surface area contributed by atoms with Gasteiger partial charge in [0, 0.05) is 11.8 Å². The van der Waals surface area contributed by atoms with Crippen molar-refractivity contribution in [3.8, 4) is 22.9 Å². The van der Waals surface area contributed by atoms with Crippen LogP contribution in [0.1, 0.15) is 48.6 Å². The summed E-state index contributed by atoms with van der Waals surface area (Å²) in [6, 6.07) is 10.7. The standard InChI is InChI=1S/C23H25N5O3/c1-13-20-15(22(29)28(13)19-8-6-7-18(27-19)23(2,3)24)9-10-16(26-20)14-11-17(30-4)21(31-5)25-12-14/h6-13H,24H2,1-5H3. The van der Waals surface area contributed by atoms with Crippen LogP contribution in [0.15, 0.2) is 42.6 Å². The van der Waals surface area contributed by atoms with Gasteiger partial charge in [-0.25, -0.2) is 15.0 Å². The molecule has 3 aromatic heterocycles. The third kappa shape index (κ3) is 3.59. The smallest absolute Gasteiger partial charge is 0.261 e. The third-order valence-electron chi connectivity index (χ3n) is 5.33. The summed E-state index contributed by atoms with van der Waals surface area (Å²) in [6.07, 6.45) is 1.67. The van der Waals surface area contributed by atoms with E-state index >= 15 is 0 Å². The van der Waals surface area contributed by atoms with Crippen molar-refractivity contribution in [1.82, 2.24) is 15.0 Å². The maximum absolute atomic E-state index is 13.2. The summed E-state index contributed by atoms with van der Waals surface area (Å²) < 4.78 is 10.6. The van der Waals surface area contributed by atoms with Crippen LogP contribution in [-0.4, -0.2) is 35.1 Å². The van der Waals surface area contributed by atoms with E-state index in [1.165, 1.54) is 7.11 Å². The molecular formula is C23H25N5O3. The topological polar surface area (TPSA) is 103 Å². The Morgan fingerprint density at radius 2 is 1.87 bits per heavy atom. The van der Waals surface area contributed by atoms with Gasteiger partial charge in [0.25, 0.3) is 11.8 Å². The number of ether oxygens (including phenoxy) is 2. The van der Waals surface area contributed by atoms with Crippen LogP contribution in [0.4, 0.5) is 5.82 Å². The Hall–Kier alpha value is -3.52. The zero-order valence-electron chi connectivity index (χ0n) is 18.2. The van der Waals surface area contributed by atoms with E-state index in [0.29, 0.717) is 40.1 Å². The summed E-state index contributed by atoms with van der Waals surface area (Å²) in [6.45, 7) is 5.71. The lowest BCUT2D eigenvalue weighted by atomic mass is 10.0. The zero-order valence-corrected chi connectivity index (χ0v) is 18.2. The number of hydrogen-bond acceptors (Lipinski definition) is 7. The van der Waals surface area contributed by atoms with Crippen molar-refractivity contribution in [2.45, 2.75) is 32.4 Å². The molecule has 1 aliphatic rings. The van der Waals surface area contributed by atoms with Crippen LogP contribution in [0.3, 0.4) is 0 Å². The fourth-order valence-corrected chi connectivity index (χ4v) is 3.65. The second-order valence-electron chi connectivity index (χ2n) is 8.02. The van der Waals surface area contributed by atoms with Crippen molar-refractivity contribution < 1.29 is 14.3 Å². The van der Waals surface area contributed by atoms with E-state index in [1.54, 1.807) is 24.3 Å². The first kappa shape index (κ1) is 20.7. The predicted octanol–water partition coefficient (Wildman–Crippen LogP) is 3.47. The first-order valence-corrected chi connectivity index (χ1v) is 9.94. The highest BCUT2D eigenvalue weighted by Crippen LogP contribution is 2.37. The van der Waals surface area contributed by atoms with Crippen LogP contribution >= 0.6 is 0 Å². The van der Waals surface area contributed by atoms with E-state index in [2.05, 4.69) is 9.97 Å². The van der Waals surface area contributed by atoms with Gasteiger partial charge >= 0.3 is 0 Å². The Morgan fingerprint density at radius 1 is 1.10 bits per heavy atom. The van der Waals surface area contributed by atoms with Crippen LogP contribution < -0.4 is 20.1 Å². The molecule has 2 N–H and O–H groups in total. The number of aromatic nitrogens is 3. The Bertz CT molecular complexity index is 1160. The molecule has 0 aromatic carbocycles. The van der Waals surface area contributed by atoms with Gasteiger partial charge in [0.1, 0.15) is 5.82 Å². The number of hydrogen-bond donors (Lipinski definition) is 1. The van der Waals surface area contributed by atoms with Gasteiger partial charge in [-0.1, -0.05) is 6.07 Å². The molecule has 0 saturated heterocycles. The SMILES string of the molecule is COc1cc(-c2ccc3c(n2)C(C)N(c2cccc(C(C)(C)N)n2)C3=O)cnc1OC. The summed E-state index contributed by atoms with van der Waals surface area (Å²) in [7, 11) is 3.09. The second kappa shape index (κ2) is 7.63. The number of nitrogens with zero attached hydrogens (tertiary/aromatic N) is 4. The van der Waals surface area contributed by atoms with E-state index in [9.17, 15) is 4.79 Å². The first-order chi connectivity index (χ1) is 14.7. The van der Waals surface area contributed by atoms with Gasteiger partial charge in [0.15, 0.2) is 5.75 Å². The van der Waals surface area contributed by atoms with Crippen LogP contribution in [0.2, 0.25) is 0 Å². The molecule has 0 radical (unpaired) electrons. The number of methoxy groups -OCH3 is 2. The molecule has 1 aliphatic heterocycles. The fourth-order valence-electron chi connectivity index (χ4n) is 3.65. The van der Waals surface area contributed by atoms with Crippen molar-refractivity contribution in [3.63, 3.8) is 0 Å². The van der Waals surface area contributed by atoms with Gasteiger partial charge in [-0.2, -0.15) is 0 Å². The van der Waals surface area contributed by atoms with Crippen LogP contribution in [-0.2, 0) is 5.54 Å². The highest BCUT2D eigenvalue weighted by molar-refractivity contribution is 6.10. The minimum Gasteiger partial charge on any atom is -0.491 e. The third-order valence-corrected chi connectivity index (χ3v) is 5.33. The number of nitrogens with two attached hydrogens (primary N) is 1. The molecule has 1 amide bonds. The van der Waals surface area contributed by atoms with Crippen molar-refractivity contribution in [1.29, 1.82) is 0 Å². The molecule has 0 aliphatic carbocycles. The molecule has 8 heteroatoms. The van der Waals surface area contributed by atoms with Crippen molar-refractivity contribution >= 4 is 11.7 Å². The molecule has 1 atom stereocenters. The molecule has 0 saturated carbocycles. The van der Waals surface area contributed by atoms with Gasteiger partial charge in [0.05, 0.1) is 48.4 Å². The number of fused-ring (bicyclic) bond motifs is 1. The van der Waals surface area contributed by atoms with Crippen LogP contribution in [0.25, 0.3) is 11.3 Å². The second-order valence-corrected chi connectivity index (χ2v) is 8.02. The highest BCUT2D eigenvalue weighted by Gasteiger charge is 2.37. The van der Waals surface area contributed by atoms with E-state index in [-0.39, 0.29) is 11.9 Å². The average molecular weight is 419 g/mol. The summed E-state index contributed by atoms with van der Waals surface area (Å²) in [5, 5.41) is 0. The Kier molecular flexibility index (Phi) is 5.10. The molecule has 0 fully saturated rings. The normalized spacial score (nSPS) is 15.7. The van der Waals surface area contributed by atoms with Gasteiger partial charge in [-0.05, 0) is 51.1 Å². The molecule has 3 aromatic rings. The summed E-state index contributed by atoms with van der Waals surface area (Å²) in [4.78, 5) is 28.5. The average Bonchev–Trinajstić information content (AvgIpc) is 3.02. The predicted molar refractivity (Wildman–Crippen MR) is 117 cm³/mol. The summed E-state index contributed by atoms with van der Waals surface area (Å²) in [5.74, 6) is 1.33. The Balaban J connectivity index is 1.72. The van der Waals surface area contributed by atoms with E-state index in [0.717, 1.165) is 5.56 Å². The zero-order chi connectivity index (χ0) is 22.3. The van der Waals surface area contributed by atoms with Gasteiger partial charge in [0.2, 0.25) is 0 Å². The highest BCUT2D eigenvalue weighted by atomic mass is 16.5. The maximum Gasteiger partial charge on any atom is 0.261 e. The molecule has 4 heterocycles. The minimum atomic E-state index is -0.610. The Morgan fingerprint density at radius 3 is 2.55 bits per heavy atom. The van der Waals surface area contributed by atoms with E-state index in [4.69, 9.17) is 20.2 Å². The maximum atomic E-state index is 13.2. The number of pyridine rings is 3. The quantitative estimate of drug-likeness (QED) is 0.675. The van der Waals surface area contributed by atoms with Gasteiger partial charge < -0.3 is 15.2 Å². The molecule has 8 nitrogen and oxygen atoms in total. The number of carbonyl (C=O) groups is 1. The molecule has 1 unspecified atom stereocenters. The lowest BCUT2D eigenvalue weighted by molar-refractivity contribution is 0.0991. The van der Waals surface area contributed by atoms with Gasteiger partial charge in [-0.3, -0.25) is 9.69 Å². The number of rotatable bonds is 5. The molecule has 31 heavy (non-hydrogen) atoms.